The predicted octanol–water partition coefficient (Wildman–Crippen LogP) is 1.91. The van der Waals surface area contributed by atoms with Crippen molar-refractivity contribution in [2.75, 3.05) is 13.2 Å². The summed E-state index contributed by atoms with van der Waals surface area (Å²) in [5.41, 5.74) is 9.00. The molecule has 0 saturated heterocycles. The van der Waals surface area contributed by atoms with E-state index in [0.29, 0.717) is 13.2 Å². The molecule has 0 aliphatic heterocycles. The van der Waals surface area contributed by atoms with Crippen LogP contribution < -0.4 is 10.5 Å². The van der Waals surface area contributed by atoms with Gasteiger partial charge >= 0.3 is 0 Å². The van der Waals surface area contributed by atoms with Crippen LogP contribution in [0, 0.1) is 13.8 Å². The van der Waals surface area contributed by atoms with Crippen molar-refractivity contribution < 1.29 is 9.84 Å². The average Bonchev–Trinajstić information content (AvgIpc) is 2.26. The Morgan fingerprint density at radius 2 is 1.81 bits per heavy atom. The first-order valence-electron chi connectivity index (χ1n) is 5.73. The second kappa shape index (κ2) is 6.51. The van der Waals surface area contributed by atoms with Crippen molar-refractivity contribution in [3.8, 4) is 5.75 Å². The first kappa shape index (κ1) is 13.0. The van der Waals surface area contributed by atoms with Crippen molar-refractivity contribution in [1.82, 2.24) is 0 Å². The van der Waals surface area contributed by atoms with Crippen LogP contribution in [0.4, 0.5) is 0 Å². The zero-order chi connectivity index (χ0) is 12.0. The Morgan fingerprint density at radius 1 is 1.19 bits per heavy atom. The lowest BCUT2D eigenvalue weighted by atomic mass is 10.1. The monoisotopic (exact) mass is 223 g/mol. The molecule has 0 spiro atoms. The third-order valence-electron chi connectivity index (χ3n) is 2.55. The van der Waals surface area contributed by atoms with Gasteiger partial charge in [-0.3, -0.25) is 0 Å². The van der Waals surface area contributed by atoms with E-state index >= 15 is 0 Å². The Labute approximate surface area is 97.2 Å². The number of unbranched alkanes of at least 4 members (excludes halogenated alkanes) is 1. The van der Waals surface area contributed by atoms with Crippen LogP contribution in [0.25, 0.3) is 0 Å². The summed E-state index contributed by atoms with van der Waals surface area (Å²) < 4.78 is 5.72. The largest absolute Gasteiger partial charge is 0.493 e. The molecule has 1 rings (SSSR count). The number of benzene rings is 1. The van der Waals surface area contributed by atoms with Crippen molar-refractivity contribution in [3.05, 3.63) is 28.8 Å². The summed E-state index contributed by atoms with van der Waals surface area (Å²) >= 11 is 0. The van der Waals surface area contributed by atoms with Crippen LogP contribution in [0.5, 0.6) is 5.75 Å². The van der Waals surface area contributed by atoms with Gasteiger partial charge < -0.3 is 15.6 Å². The summed E-state index contributed by atoms with van der Waals surface area (Å²) in [6.07, 6.45) is 1.67. The zero-order valence-corrected chi connectivity index (χ0v) is 10.1. The van der Waals surface area contributed by atoms with E-state index in [9.17, 15) is 0 Å². The molecule has 0 unspecified atom stereocenters. The van der Waals surface area contributed by atoms with Gasteiger partial charge in [-0.05, 0) is 43.4 Å². The van der Waals surface area contributed by atoms with E-state index in [4.69, 9.17) is 15.6 Å². The number of hydrogen-bond acceptors (Lipinski definition) is 3. The van der Waals surface area contributed by atoms with Crippen molar-refractivity contribution >= 4 is 0 Å². The van der Waals surface area contributed by atoms with Crippen LogP contribution in [0.15, 0.2) is 12.1 Å². The minimum Gasteiger partial charge on any atom is -0.493 e. The van der Waals surface area contributed by atoms with Gasteiger partial charge in [-0.25, -0.2) is 0 Å². The minimum atomic E-state index is 0.230. The maximum atomic E-state index is 8.67. The highest BCUT2D eigenvalue weighted by atomic mass is 16.5. The molecule has 0 heterocycles. The number of nitrogens with two attached hydrogens (primary N) is 1. The maximum absolute atomic E-state index is 8.67. The molecule has 90 valence electrons. The van der Waals surface area contributed by atoms with Gasteiger partial charge in [0.25, 0.3) is 0 Å². The molecule has 3 nitrogen and oxygen atoms in total. The fraction of sp³-hybridized carbons (Fsp3) is 0.538. The lowest BCUT2D eigenvalue weighted by Gasteiger charge is -2.13. The first-order valence-corrected chi connectivity index (χ1v) is 5.73. The molecule has 0 atom stereocenters. The number of aliphatic hydroxyl groups excluding tert-OH is 1. The summed E-state index contributed by atoms with van der Waals surface area (Å²) in [7, 11) is 0. The number of aryl methyl sites for hydroxylation is 2. The lowest BCUT2D eigenvalue weighted by Crippen LogP contribution is -2.04. The molecule has 0 aliphatic rings. The van der Waals surface area contributed by atoms with Gasteiger partial charge in [0.15, 0.2) is 0 Å². The number of aliphatic hydroxyl groups is 1. The highest BCUT2D eigenvalue weighted by Gasteiger charge is 2.05. The van der Waals surface area contributed by atoms with Crippen molar-refractivity contribution in [2.24, 2.45) is 5.73 Å². The fourth-order valence-corrected chi connectivity index (χ4v) is 1.77. The molecule has 1 aromatic carbocycles. The lowest BCUT2D eigenvalue weighted by molar-refractivity contribution is 0.252. The third kappa shape index (κ3) is 3.51. The summed E-state index contributed by atoms with van der Waals surface area (Å²) in [5.74, 6) is 0.954. The molecule has 0 radical (unpaired) electrons. The van der Waals surface area contributed by atoms with Crippen molar-refractivity contribution in [1.29, 1.82) is 0 Å². The van der Waals surface area contributed by atoms with Crippen LogP contribution in [-0.4, -0.2) is 18.3 Å². The first-order chi connectivity index (χ1) is 7.69. The molecule has 3 N–H and O–H groups in total. The number of rotatable bonds is 6. The van der Waals surface area contributed by atoms with Gasteiger partial charge in [-0.15, -0.1) is 0 Å². The summed E-state index contributed by atoms with van der Waals surface area (Å²) in [5, 5.41) is 8.67. The molecular formula is C13H21NO2. The Morgan fingerprint density at radius 3 is 2.31 bits per heavy atom. The zero-order valence-electron chi connectivity index (χ0n) is 10.1. The summed E-state index contributed by atoms with van der Waals surface area (Å²) in [6, 6.07) is 4.13. The van der Waals surface area contributed by atoms with Crippen LogP contribution in [0.1, 0.15) is 29.5 Å². The fourth-order valence-electron chi connectivity index (χ4n) is 1.77. The predicted molar refractivity (Wildman–Crippen MR) is 65.6 cm³/mol. The molecule has 1 aromatic rings. The topological polar surface area (TPSA) is 55.5 Å². The molecule has 16 heavy (non-hydrogen) atoms. The van der Waals surface area contributed by atoms with Gasteiger partial charge in [0.2, 0.25) is 0 Å². The highest BCUT2D eigenvalue weighted by molar-refractivity contribution is 5.43. The van der Waals surface area contributed by atoms with Gasteiger partial charge in [0, 0.05) is 13.2 Å². The van der Waals surface area contributed by atoms with Crippen LogP contribution >= 0.6 is 0 Å². The van der Waals surface area contributed by atoms with Gasteiger partial charge in [-0.2, -0.15) is 0 Å². The normalized spacial score (nSPS) is 10.5. The van der Waals surface area contributed by atoms with E-state index in [-0.39, 0.29) is 6.61 Å². The molecule has 0 saturated carbocycles. The average molecular weight is 223 g/mol. The van der Waals surface area contributed by atoms with E-state index in [1.807, 2.05) is 13.8 Å². The highest BCUT2D eigenvalue weighted by Crippen LogP contribution is 2.24. The smallest absolute Gasteiger partial charge is 0.125 e. The molecule has 0 fully saturated rings. The maximum Gasteiger partial charge on any atom is 0.125 e. The Kier molecular flexibility index (Phi) is 5.29. The Balaban J connectivity index is 2.65. The molecule has 0 bridgehead atoms. The van der Waals surface area contributed by atoms with Crippen molar-refractivity contribution in [2.45, 2.75) is 33.2 Å². The summed E-state index contributed by atoms with van der Waals surface area (Å²) in [4.78, 5) is 0. The van der Waals surface area contributed by atoms with E-state index in [0.717, 1.165) is 35.3 Å². The van der Waals surface area contributed by atoms with Crippen LogP contribution in [0.2, 0.25) is 0 Å². The van der Waals surface area contributed by atoms with E-state index < -0.39 is 0 Å². The summed E-state index contributed by atoms with van der Waals surface area (Å²) in [6.45, 7) is 5.52. The van der Waals surface area contributed by atoms with Crippen molar-refractivity contribution in [3.63, 3.8) is 0 Å². The van der Waals surface area contributed by atoms with Crippen LogP contribution in [0.3, 0.4) is 0 Å². The SMILES string of the molecule is Cc1cc(CN)cc(C)c1OCCCCO. The second-order valence-corrected chi connectivity index (χ2v) is 4.04. The molecular weight excluding hydrogens is 202 g/mol. The van der Waals surface area contributed by atoms with E-state index in [1.54, 1.807) is 0 Å². The number of ether oxygens (including phenoxy) is 1. The van der Waals surface area contributed by atoms with E-state index in [1.165, 1.54) is 0 Å². The van der Waals surface area contributed by atoms with E-state index in [2.05, 4.69) is 12.1 Å². The quantitative estimate of drug-likeness (QED) is 0.724. The molecule has 3 heteroatoms. The van der Waals surface area contributed by atoms with Gasteiger partial charge in [0.1, 0.15) is 5.75 Å². The third-order valence-corrected chi connectivity index (χ3v) is 2.55. The van der Waals surface area contributed by atoms with Crippen LogP contribution in [-0.2, 0) is 6.54 Å². The Hall–Kier alpha value is -1.06. The molecule has 0 aliphatic carbocycles. The molecule has 0 amide bonds. The number of hydrogen-bond donors (Lipinski definition) is 2. The minimum absolute atomic E-state index is 0.230. The standard InChI is InChI=1S/C13H21NO2/c1-10-7-12(9-14)8-11(2)13(10)16-6-4-3-5-15/h7-8,15H,3-6,9,14H2,1-2H3. The van der Waals surface area contributed by atoms with Gasteiger partial charge in [0.05, 0.1) is 6.61 Å². The second-order valence-electron chi connectivity index (χ2n) is 4.04. The molecule has 0 aromatic heterocycles. The Bertz CT molecular complexity index is 314. The van der Waals surface area contributed by atoms with Gasteiger partial charge in [-0.1, -0.05) is 12.1 Å².